The van der Waals surface area contributed by atoms with Crippen LogP contribution in [0.5, 0.6) is 5.75 Å². The van der Waals surface area contributed by atoms with Crippen molar-refractivity contribution in [1.29, 1.82) is 0 Å². The molecule has 31 heavy (non-hydrogen) atoms. The summed E-state index contributed by atoms with van der Waals surface area (Å²) in [6.45, 7) is 10.5. The number of anilines is 1. The van der Waals surface area contributed by atoms with Gasteiger partial charge in [-0.3, -0.25) is 9.79 Å². The van der Waals surface area contributed by atoms with Crippen molar-refractivity contribution >= 4 is 41.5 Å². The van der Waals surface area contributed by atoms with E-state index in [-0.39, 0.29) is 36.0 Å². The van der Waals surface area contributed by atoms with E-state index in [0.717, 1.165) is 30.3 Å². The highest BCUT2D eigenvalue weighted by Gasteiger charge is 2.10. The number of carbonyl (C=O) groups excluding carboxylic acids is 1. The van der Waals surface area contributed by atoms with Gasteiger partial charge in [0.2, 0.25) is 5.91 Å². The molecule has 1 amide bonds. The van der Waals surface area contributed by atoms with Gasteiger partial charge < -0.3 is 24.7 Å². The van der Waals surface area contributed by atoms with Gasteiger partial charge in [0.05, 0.1) is 12.4 Å². The normalized spacial score (nSPS) is 11.1. The van der Waals surface area contributed by atoms with Gasteiger partial charge in [-0.1, -0.05) is 0 Å². The van der Waals surface area contributed by atoms with Crippen molar-refractivity contribution in [3.05, 3.63) is 48.4 Å². The molecule has 8 heteroatoms. The molecule has 0 atom stereocenters. The highest BCUT2D eigenvalue weighted by atomic mass is 127. The summed E-state index contributed by atoms with van der Waals surface area (Å²) in [5.74, 6) is 2.48. The maximum absolute atomic E-state index is 12.2. The van der Waals surface area contributed by atoms with E-state index in [2.05, 4.69) is 15.6 Å². The van der Waals surface area contributed by atoms with Crippen LogP contribution in [-0.4, -0.2) is 49.0 Å². The first-order valence-electron chi connectivity index (χ1n) is 10.6. The van der Waals surface area contributed by atoms with Crippen molar-refractivity contribution in [3.8, 4) is 5.75 Å². The smallest absolute Gasteiger partial charge is 0.224 e. The lowest BCUT2D eigenvalue weighted by molar-refractivity contribution is -0.130. The Balaban J connectivity index is 0.00000480. The van der Waals surface area contributed by atoms with Crippen molar-refractivity contribution in [2.24, 2.45) is 4.99 Å². The van der Waals surface area contributed by atoms with E-state index >= 15 is 0 Å². The Bertz CT molecular complexity index is 773. The SMILES string of the molecule is CCN(CC)C(=O)CCNC(=NCCc1ccco1)Nc1ccc(OC(C)C)cc1.I. The molecule has 172 valence electrons. The van der Waals surface area contributed by atoms with Gasteiger partial charge in [-0.25, -0.2) is 0 Å². The van der Waals surface area contributed by atoms with Gasteiger partial charge in [-0.15, -0.1) is 24.0 Å². The van der Waals surface area contributed by atoms with Crippen LogP contribution in [0, 0.1) is 0 Å². The van der Waals surface area contributed by atoms with Crippen molar-refractivity contribution in [3.63, 3.8) is 0 Å². The van der Waals surface area contributed by atoms with Crippen LogP contribution in [0.4, 0.5) is 5.69 Å². The minimum absolute atomic E-state index is 0. The first-order chi connectivity index (χ1) is 14.5. The number of nitrogens with one attached hydrogen (secondary N) is 2. The van der Waals surface area contributed by atoms with E-state index in [0.29, 0.717) is 31.9 Å². The third-order valence-corrected chi connectivity index (χ3v) is 4.44. The molecule has 1 heterocycles. The van der Waals surface area contributed by atoms with Crippen molar-refractivity contribution in [2.45, 2.75) is 46.6 Å². The fourth-order valence-corrected chi connectivity index (χ4v) is 2.92. The summed E-state index contributed by atoms with van der Waals surface area (Å²) < 4.78 is 11.1. The zero-order chi connectivity index (χ0) is 21.8. The van der Waals surface area contributed by atoms with E-state index in [1.165, 1.54) is 0 Å². The standard InChI is InChI=1S/C23H34N4O3.HI/c1-5-27(6-2)22(28)14-16-25-23(24-15-13-20-8-7-17-29-20)26-19-9-11-21(12-10-19)30-18(3)4;/h7-12,17-18H,5-6,13-16H2,1-4H3,(H2,24,25,26);1H. The summed E-state index contributed by atoms with van der Waals surface area (Å²) >= 11 is 0. The lowest BCUT2D eigenvalue weighted by atomic mass is 10.3. The second-order valence-electron chi connectivity index (χ2n) is 7.12. The van der Waals surface area contributed by atoms with Gasteiger partial charge >= 0.3 is 0 Å². The molecule has 0 saturated carbocycles. The predicted molar refractivity (Wildman–Crippen MR) is 137 cm³/mol. The molecule has 0 aliphatic heterocycles. The molecule has 7 nitrogen and oxygen atoms in total. The van der Waals surface area contributed by atoms with Gasteiger partial charge in [0.15, 0.2) is 5.96 Å². The Hall–Kier alpha value is -2.23. The quantitative estimate of drug-likeness (QED) is 0.248. The number of rotatable bonds is 11. The molecular formula is C23H35IN4O3. The highest BCUT2D eigenvalue weighted by molar-refractivity contribution is 14.0. The minimum atomic E-state index is 0. The van der Waals surface area contributed by atoms with Gasteiger partial charge in [0.1, 0.15) is 11.5 Å². The van der Waals surface area contributed by atoms with E-state index in [4.69, 9.17) is 9.15 Å². The summed E-state index contributed by atoms with van der Waals surface area (Å²) in [6, 6.07) is 11.5. The number of guanidine groups is 1. The second-order valence-corrected chi connectivity index (χ2v) is 7.12. The van der Waals surface area contributed by atoms with Crippen LogP contribution in [0.1, 0.15) is 39.9 Å². The number of benzene rings is 1. The summed E-state index contributed by atoms with van der Waals surface area (Å²) in [4.78, 5) is 18.7. The van der Waals surface area contributed by atoms with Crippen LogP contribution in [0.3, 0.4) is 0 Å². The summed E-state index contributed by atoms with van der Waals surface area (Å²) in [7, 11) is 0. The van der Waals surface area contributed by atoms with Crippen LogP contribution in [0.2, 0.25) is 0 Å². The summed E-state index contributed by atoms with van der Waals surface area (Å²) in [5, 5.41) is 6.56. The molecule has 0 saturated heterocycles. The molecule has 2 aromatic rings. The number of hydrogen-bond acceptors (Lipinski definition) is 4. The number of nitrogens with zero attached hydrogens (tertiary/aromatic N) is 2. The monoisotopic (exact) mass is 542 g/mol. The fourth-order valence-electron chi connectivity index (χ4n) is 2.92. The van der Waals surface area contributed by atoms with E-state index in [9.17, 15) is 4.79 Å². The topological polar surface area (TPSA) is 79.1 Å². The van der Waals surface area contributed by atoms with E-state index in [1.807, 2.05) is 69.0 Å². The highest BCUT2D eigenvalue weighted by Crippen LogP contribution is 2.16. The minimum Gasteiger partial charge on any atom is -0.491 e. The molecular weight excluding hydrogens is 507 g/mol. The number of halogens is 1. The number of ether oxygens (including phenoxy) is 1. The lowest BCUT2D eigenvalue weighted by Crippen LogP contribution is -2.36. The third-order valence-electron chi connectivity index (χ3n) is 4.44. The third kappa shape index (κ3) is 10.1. The molecule has 0 fully saturated rings. The molecule has 0 bridgehead atoms. The fraction of sp³-hybridized carbons (Fsp3) is 0.478. The van der Waals surface area contributed by atoms with Crippen LogP contribution in [0.25, 0.3) is 0 Å². The van der Waals surface area contributed by atoms with E-state index in [1.54, 1.807) is 6.26 Å². The maximum atomic E-state index is 12.2. The Labute approximate surface area is 202 Å². The average molecular weight is 542 g/mol. The molecule has 2 N–H and O–H groups in total. The van der Waals surface area contributed by atoms with Gasteiger partial charge in [-0.2, -0.15) is 0 Å². The van der Waals surface area contributed by atoms with Gasteiger partial charge in [0.25, 0.3) is 0 Å². The first-order valence-corrected chi connectivity index (χ1v) is 10.6. The number of carbonyl (C=O) groups is 1. The molecule has 0 unspecified atom stereocenters. The maximum Gasteiger partial charge on any atom is 0.224 e. The Morgan fingerprint density at radius 3 is 2.45 bits per heavy atom. The zero-order valence-corrected chi connectivity index (χ0v) is 21.2. The van der Waals surface area contributed by atoms with Crippen LogP contribution < -0.4 is 15.4 Å². The van der Waals surface area contributed by atoms with Crippen molar-refractivity contribution < 1.29 is 13.9 Å². The van der Waals surface area contributed by atoms with E-state index < -0.39 is 0 Å². The molecule has 1 aromatic heterocycles. The number of hydrogen-bond donors (Lipinski definition) is 2. The Morgan fingerprint density at radius 1 is 1.16 bits per heavy atom. The predicted octanol–water partition coefficient (Wildman–Crippen LogP) is 4.54. The Morgan fingerprint density at radius 2 is 1.87 bits per heavy atom. The van der Waals surface area contributed by atoms with Crippen LogP contribution in [-0.2, 0) is 11.2 Å². The summed E-state index contributed by atoms with van der Waals surface area (Å²) in [6.07, 6.45) is 2.92. The molecule has 1 aromatic carbocycles. The zero-order valence-electron chi connectivity index (χ0n) is 18.9. The average Bonchev–Trinajstić information content (AvgIpc) is 3.23. The summed E-state index contributed by atoms with van der Waals surface area (Å²) in [5.41, 5.74) is 0.894. The molecule has 0 radical (unpaired) electrons. The van der Waals surface area contributed by atoms with Crippen LogP contribution >= 0.6 is 24.0 Å². The van der Waals surface area contributed by atoms with Gasteiger partial charge in [-0.05, 0) is 64.1 Å². The van der Waals surface area contributed by atoms with Crippen LogP contribution in [0.15, 0.2) is 52.1 Å². The first kappa shape index (κ1) is 26.8. The molecule has 0 spiro atoms. The number of amides is 1. The Kier molecular flexibility index (Phi) is 12.7. The van der Waals surface area contributed by atoms with Crippen molar-refractivity contribution in [1.82, 2.24) is 10.2 Å². The number of furan rings is 1. The van der Waals surface area contributed by atoms with Gasteiger partial charge in [0, 0.05) is 44.7 Å². The molecule has 0 aliphatic carbocycles. The molecule has 0 aliphatic rings. The van der Waals surface area contributed by atoms with Crippen molar-refractivity contribution in [2.75, 3.05) is 31.5 Å². The lowest BCUT2D eigenvalue weighted by Gasteiger charge is -2.19. The largest absolute Gasteiger partial charge is 0.491 e. The molecule has 2 rings (SSSR count). The second kappa shape index (κ2) is 14.7. The number of aliphatic imine (C=N–C) groups is 1.